The Morgan fingerprint density at radius 1 is 1.10 bits per heavy atom. The fourth-order valence-electron chi connectivity index (χ4n) is 3.78. The SMILES string of the molecule is COc1ccccc1S(=O)(=O)N(C)CCCCCC1CC(c2cccc(F)c2)NN1. The van der Waals surface area contributed by atoms with E-state index in [0.717, 1.165) is 37.7 Å². The third-order valence-corrected chi connectivity index (χ3v) is 7.41. The highest BCUT2D eigenvalue weighted by molar-refractivity contribution is 7.89. The Labute approximate surface area is 178 Å². The van der Waals surface area contributed by atoms with Crippen molar-refractivity contribution in [2.24, 2.45) is 0 Å². The molecule has 164 valence electrons. The maximum atomic E-state index is 13.4. The summed E-state index contributed by atoms with van der Waals surface area (Å²) in [6, 6.07) is 13.8. The van der Waals surface area contributed by atoms with Crippen molar-refractivity contribution >= 4 is 10.0 Å². The van der Waals surface area contributed by atoms with Gasteiger partial charge in [-0.15, -0.1) is 0 Å². The van der Waals surface area contributed by atoms with Gasteiger partial charge in [-0.2, -0.15) is 0 Å². The number of unbranched alkanes of at least 4 members (excludes halogenated alkanes) is 2. The molecular formula is C22H30FN3O3S. The average molecular weight is 436 g/mol. The van der Waals surface area contributed by atoms with Crippen molar-refractivity contribution in [2.45, 2.75) is 49.1 Å². The number of rotatable bonds is 10. The molecule has 0 bridgehead atoms. The Morgan fingerprint density at radius 2 is 1.90 bits per heavy atom. The largest absolute Gasteiger partial charge is 0.495 e. The number of sulfonamides is 1. The van der Waals surface area contributed by atoms with Crippen LogP contribution >= 0.6 is 0 Å². The first-order valence-corrected chi connectivity index (χ1v) is 11.7. The van der Waals surface area contributed by atoms with Crippen LogP contribution in [0.1, 0.15) is 43.7 Å². The number of methoxy groups -OCH3 is 1. The van der Waals surface area contributed by atoms with Gasteiger partial charge in [-0.25, -0.2) is 17.1 Å². The number of nitrogens with one attached hydrogen (secondary N) is 2. The Morgan fingerprint density at radius 3 is 2.67 bits per heavy atom. The molecule has 3 rings (SSSR count). The number of hydrazine groups is 1. The van der Waals surface area contributed by atoms with Gasteiger partial charge in [-0.1, -0.05) is 37.1 Å². The molecule has 2 atom stereocenters. The van der Waals surface area contributed by atoms with Crippen molar-refractivity contribution in [2.75, 3.05) is 20.7 Å². The Hall–Kier alpha value is -2.00. The van der Waals surface area contributed by atoms with Gasteiger partial charge in [0.25, 0.3) is 0 Å². The number of ether oxygens (including phenoxy) is 1. The molecule has 0 spiro atoms. The van der Waals surface area contributed by atoms with Gasteiger partial charge in [0.05, 0.1) is 7.11 Å². The lowest BCUT2D eigenvalue weighted by Gasteiger charge is -2.19. The maximum Gasteiger partial charge on any atom is 0.246 e. The van der Waals surface area contributed by atoms with Crippen LogP contribution in [0, 0.1) is 5.82 Å². The lowest BCUT2D eigenvalue weighted by atomic mass is 9.99. The second-order valence-corrected chi connectivity index (χ2v) is 9.67. The average Bonchev–Trinajstić information content (AvgIpc) is 3.22. The zero-order valence-electron chi connectivity index (χ0n) is 17.5. The molecule has 6 nitrogen and oxygen atoms in total. The van der Waals surface area contributed by atoms with Crippen LogP contribution in [-0.4, -0.2) is 39.5 Å². The number of para-hydroxylation sites is 1. The molecule has 2 aromatic carbocycles. The smallest absolute Gasteiger partial charge is 0.246 e. The summed E-state index contributed by atoms with van der Waals surface area (Å²) >= 11 is 0. The summed E-state index contributed by atoms with van der Waals surface area (Å²) in [5, 5.41) is 0. The minimum Gasteiger partial charge on any atom is -0.495 e. The second kappa shape index (κ2) is 10.3. The topological polar surface area (TPSA) is 70.7 Å². The van der Waals surface area contributed by atoms with Gasteiger partial charge >= 0.3 is 0 Å². The predicted octanol–water partition coefficient (Wildman–Crippen LogP) is 3.62. The van der Waals surface area contributed by atoms with Crippen molar-refractivity contribution < 1.29 is 17.5 Å². The first-order valence-electron chi connectivity index (χ1n) is 10.3. The predicted molar refractivity (Wildman–Crippen MR) is 115 cm³/mol. The van der Waals surface area contributed by atoms with Crippen LogP contribution in [0.2, 0.25) is 0 Å². The summed E-state index contributed by atoms with van der Waals surface area (Å²) in [6.07, 6.45) is 4.62. The van der Waals surface area contributed by atoms with E-state index >= 15 is 0 Å². The van der Waals surface area contributed by atoms with Crippen LogP contribution < -0.4 is 15.6 Å². The third-order valence-electron chi connectivity index (χ3n) is 5.52. The van der Waals surface area contributed by atoms with Crippen LogP contribution in [0.3, 0.4) is 0 Å². The van der Waals surface area contributed by atoms with E-state index in [-0.39, 0.29) is 16.8 Å². The van der Waals surface area contributed by atoms with Crippen molar-refractivity contribution in [3.8, 4) is 5.75 Å². The minimum absolute atomic E-state index is 0.114. The summed E-state index contributed by atoms with van der Waals surface area (Å²) in [5.74, 6) is 0.141. The molecule has 1 aliphatic rings. The van der Waals surface area contributed by atoms with Gasteiger partial charge in [-0.05, 0) is 49.1 Å². The highest BCUT2D eigenvalue weighted by Crippen LogP contribution is 2.27. The molecule has 2 unspecified atom stereocenters. The van der Waals surface area contributed by atoms with Gasteiger partial charge < -0.3 is 4.74 Å². The number of hydrogen-bond acceptors (Lipinski definition) is 5. The molecule has 1 saturated heterocycles. The van der Waals surface area contributed by atoms with Gasteiger partial charge in [0.2, 0.25) is 10.0 Å². The quantitative estimate of drug-likeness (QED) is 0.558. The van der Waals surface area contributed by atoms with E-state index in [0.29, 0.717) is 18.3 Å². The number of nitrogens with zero attached hydrogens (tertiary/aromatic N) is 1. The van der Waals surface area contributed by atoms with E-state index in [1.165, 1.54) is 17.5 Å². The Balaban J connectivity index is 1.40. The van der Waals surface area contributed by atoms with Crippen LogP contribution in [-0.2, 0) is 10.0 Å². The molecule has 1 heterocycles. The zero-order valence-corrected chi connectivity index (χ0v) is 18.3. The van der Waals surface area contributed by atoms with E-state index in [2.05, 4.69) is 10.9 Å². The molecule has 0 aromatic heterocycles. The highest BCUT2D eigenvalue weighted by atomic mass is 32.2. The van der Waals surface area contributed by atoms with E-state index in [1.807, 2.05) is 6.07 Å². The monoisotopic (exact) mass is 435 g/mol. The normalized spacial score (nSPS) is 19.3. The van der Waals surface area contributed by atoms with Crippen LogP contribution in [0.25, 0.3) is 0 Å². The van der Waals surface area contributed by atoms with E-state index in [4.69, 9.17) is 4.74 Å². The van der Waals surface area contributed by atoms with Crippen molar-refractivity contribution in [3.05, 3.63) is 59.9 Å². The van der Waals surface area contributed by atoms with Gasteiger partial charge in [0.1, 0.15) is 16.5 Å². The van der Waals surface area contributed by atoms with Gasteiger partial charge in [0.15, 0.2) is 0 Å². The molecular weight excluding hydrogens is 405 g/mol. The summed E-state index contributed by atoms with van der Waals surface area (Å²) < 4.78 is 45.5. The van der Waals surface area contributed by atoms with E-state index in [9.17, 15) is 12.8 Å². The van der Waals surface area contributed by atoms with Gasteiger partial charge in [0, 0.05) is 25.7 Å². The molecule has 0 amide bonds. The summed E-state index contributed by atoms with van der Waals surface area (Å²) in [7, 11) is -0.494. The fourth-order valence-corrected chi connectivity index (χ4v) is 5.14. The van der Waals surface area contributed by atoms with Crippen molar-refractivity contribution in [1.82, 2.24) is 15.2 Å². The molecule has 8 heteroatoms. The molecule has 0 aliphatic carbocycles. The van der Waals surface area contributed by atoms with Gasteiger partial charge in [-0.3, -0.25) is 10.9 Å². The molecule has 2 aromatic rings. The standard InChI is InChI=1S/C22H30FN3O3S/c1-26(30(27,28)22-13-6-5-12-21(22)29-2)14-7-3-4-11-19-16-20(25-24-19)17-9-8-10-18(23)15-17/h5-6,8-10,12-13,15,19-20,24-25H,3-4,7,11,14,16H2,1-2H3. The summed E-state index contributed by atoms with van der Waals surface area (Å²) in [4.78, 5) is 0.194. The fraction of sp³-hybridized carbons (Fsp3) is 0.455. The molecule has 1 fully saturated rings. The maximum absolute atomic E-state index is 13.4. The van der Waals surface area contributed by atoms with E-state index in [1.54, 1.807) is 43.4 Å². The Kier molecular flexibility index (Phi) is 7.82. The van der Waals surface area contributed by atoms with Crippen LogP contribution in [0.15, 0.2) is 53.4 Å². The number of halogens is 1. The van der Waals surface area contributed by atoms with Crippen LogP contribution in [0.4, 0.5) is 4.39 Å². The summed E-state index contributed by atoms with van der Waals surface area (Å²) in [5.41, 5.74) is 7.48. The molecule has 30 heavy (non-hydrogen) atoms. The summed E-state index contributed by atoms with van der Waals surface area (Å²) in [6.45, 7) is 0.461. The lowest BCUT2D eigenvalue weighted by Crippen LogP contribution is -2.31. The second-order valence-electron chi connectivity index (χ2n) is 7.66. The number of benzene rings is 2. The third kappa shape index (κ3) is 5.57. The Bertz CT molecular complexity index is 939. The minimum atomic E-state index is -3.57. The molecule has 0 radical (unpaired) electrons. The molecule has 1 aliphatic heterocycles. The van der Waals surface area contributed by atoms with Crippen molar-refractivity contribution in [3.63, 3.8) is 0 Å². The lowest BCUT2D eigenvalue weighted by molar-refractivity contribution is 0.396. The highest BCUT2D eigenvalue weighted by Gasteiger charge is 2.25. The first kappa shape index (κ1) is 22.7. The zero-order chi connectivity index (χ0) is 21.6. The van der Waals surface area contributed by atoms with E-state index < -0.39 is 10.0 Å². The van der Waals surface area contributed by atoms with Crippen LogP contribution in [0.5, 0.6) is 5.75 Å². The number of hydrogen-bond donors (Lipinski definition) is 2. The first-order chi connectivity index (χ1) is 14.4. The van der Waals surface area contributed by atoms with Crippen molar-refractivity contribution in [1.29, 1.82) is 0 Å². The molecule has 0 saturated carbocycles. The molecule has 2 N–H and O–H groups in total.